The second kappa shape index (κ2) is 9.93. The third-order valence-electron chi connectivity index (χ3n) is 5.51. The summed E-state index contributed by atoms with van der Waals surface area (Å²) in [7, 11) is -4.10. The van der Waals surface area contributed by atoms with Crippen molar-refractivity contribution in [2.24, 2.45) is 11.1 Å². The molecule has 180 valence electrons. The molecule has 13 heteroatoms. The second-order valence-corrected chi connectivity index (χ2v) is 9.28. The van der Waals surface area contributed by atoms with Gasteiger partial charge < -0.3 is 10.4 Å². The van der Waals surface area contributed by atoms with E-state index in [4.69, 9.17) is 5.14 Å². The van der Waals surface area contributed by atoms with Gasteiger partial charge in [-0.3, -0.25) is 13.7 Å². The Morgan fingerprint density at radius 3 is 2.91 bits per heavy atom. The lowest BCUT2D eigenvalue weighted by Crippen LogP contribution is -2.24. The third-order valence-corrected chi connectivity index (χ3v) is 5.97. The van der Waals surface area contributed by atoms with Crippen molar-refractivity contribution < 1.29 is 26.9 Å². The van der Waals surface area contributed by atoms with Gasteiger partial charge >= 0.3 is 10.3 Å². The summed E-state index contributed by atoms with van der Waals surface area (Å²) in [4.78, 5) is 21.2. The van der Waals surface area contributed by atoms with Crippen LogP contribution in [0.25, 0.3) is 0 Å². The average molecular weight is 491 g/mol. The van der Waals surface area contributed by atoms with Gasteiger partial charge in [-0.05, 0) is 36.6 Å². The lowest BCUT2D eigenvalue weighted by Gasteiger charge is -2.15. The van der Waals surface area contributed by atoms with Gasteiger partial charge in [0.2, 0.25) is 5.78 Å². The Balaban J connectivity index is 1.44. The molecule has 1 saturated carbocycles. The fourth-order valence-electron chi connectivity index (χ4n) is 3.92. The van der Waals surface area contributed by atoms with Crippen LogP contribution in [0.15, 0.2) is 49.1 Å². The van der Waals surface area contributed by atoms with Crippen molar-refractivity contribution in [3.8, 4) is 0 Å². The van der Waals surface area contributed by atoms with Crippen molar-refractivity contribution >= 4 is 21.9 Å². The number of ketones is 1. The minimum atomic E-state index is -4.10. The summed E-state index contributed by atoms with van der Waals surface area (Å²) in [6.07, 6.45) is 4.16. The van der Waals surface area contributed by atoms with Crippen molar-refractivity contribution in [3.63, 3.8) is 0 Å². The van der Waals surface area contributed by atoms with E-state index in [1.807, 2.05) is 0 Å². The van der Waals surface area contributed by atoms with Crippen LogP contribution in [0.4, 0.5) is 10.2 Å². The predicted molar refractivity (Wildman–Crippen MR) is 118 cm³/mol. The van der Waals surface area contributed by atoms with Gasteiger partial charge in [0, 0.05) is 24.4 Å². The molecule has 3 atom stereocenters. The zero-order valence-electron chi connectivity index (χ0n) is 17.9. The van der Waals surface area contributed by atoms with Crippen LogP contribution in [-0.2, 0) is 21.0 Å². The van der Waals surface area contributed by atoms with Crippen LogP contribution in [0.3, 0.4) is 0 Å². The van der Waals surface area contributed by atoms with Crippen LogP contribution >= 0.6 is 0 Å². The van der Waals surface area contributed by atoms with Crippen LogP contribution in [0.2, 0.25) is 0 Å². The van der Waals surface area contributed by atoms with Gasteiger partial charge in [0.05, 0.1) is 24.8 Å². The van der Waals surface area contributed by atoms with E-state index in [1.54, 1.807) is 24.4 Å². The molecule has 34 heavy (non-hydrogen) atoms. The number of rotatable bonds is 9. The number of halogens is 1. The lowest BCUT2D eigenvalue weighted by atomic mass is 10.1. The van der Waals surface area contributed by atoms with Gasteiger partial charge in [-0.15, -0.1) is 0 Å². The average Bonchev–Trinajstić information content (AvgIpc) is 3.38. The molecule has 3 aromatic rings. The minimum Gasteiger partial charge on any atom is -0.393 e. The highest BCUT2D eigenvalue weighted by Crippen LogP contribution is 2.30. The smallest absolute Gasteiger partial charge is 0.333 e. The maximum atomic E-state index is 13.4. The molecular formula is C21H23FN6O5S. The number of nitrogens with one attached hydrogen (secondary N) is 1. The summed E-state index contributed by atoms with van der Waals surface area (Å²) in [5, 5.41) is 22.5. The first-order valence-corrected chi connectivity index (χ1v) is 11.9. The molecule has 0 aliphatic heterocycles. The van der Waals surface area contributed by atoms with Crippen LogP contribution < -0.4 is 10.5 Å². The first-order chi connectivity index (χ1) is 16.2. The van der Waals surface area contributed by atoms with E-state index in [-0.39, 0.29) is 35.5 Å². The van der Waals surface area contributed by atoms with E-state index in [1.165, 1.54) is 29.3 Å². The number of benzene rings is 1. The normalized spacial score (nSPS) is 20.4. The highest BCUT2D eigenvalue weighted by molar-refractivity contribution is 7.84. The number of aliphatic hydroxyl groups excluding tert-OH is 1. The largest absolute Gasteiger partial charge is 0.393 e. The first kappa shape index (κ1) is 23.9. The van der Waals surface area contributed by atoms with Crippen LogP contribution in [0.1, 0.15) is 34.5 Å². The maximum absolute atomic E-state index is 13.4. The molecule has 0 spiro atoms. The van der Waals surface area contributed by atoms with Gasteiger partial charge in [-0.2, -0.15) is 13.5 Å². The number of hydrogen-bond donors (Lipinski definition) is 3. The Kier molecular flexibility index (Phi) is 6.97. The van der Waals surface area contributed by atoms with E-state index in [2.05, 4.69) is 24.6 Å². The molecular weight excluding hydrogens is 467 g/mol. The molecule has 1 aliphatic rings. The van der Waals surface area contributed by atoms with E-state index in [0.29, 0.717) is 24.9 Å². The molecule has 2 aromatic heterocycles. The highest BCUT2D eigenvalue weighted by Gasteiger charge is 2.34. The molecule has 0 unspecified atom stereocenters. The number of aromatic nitrogens is 4. The molecule has 11 nitrogen and oxygen atoms in total. The van der Waals surface area contributed by atoms with Crippen molar-refractivity contribution in [1.82, 2.24) is 19.7 Å². The number of carbonyl (C=O) groups excluding carboxylic acids is 1. The second-order valence-electron chi connectivity index (χ2n) is 8.06. The zero-order chi connectivity index (χ0) is 24.3. The monoisotopic (exact) mass is 490 g/mol. The van der Waals surface area contributed by atoms with Crippen molar-refractivity contribution in [1.29, 1.82) is 0 Å². The fourth-order valence-corrected chi connectivity index (χ4v) is 4.28. The zero-order valence-corrected chi connectivity index (χ0v) is 18.7. The Hall–Kier alpha value is -3.26. The Morgan fingerprint density at radius 2 is 2.15 bits per heavy atom. The van der Waals surface area contributed by atoms with Crippen molar-refractivity contribution in [3.05, 3.63) is 71.7 Å². The molecule has 1 aromatic carbocycles. The van der Waals surface area contributed by atoms with Gasteiger partial charge in [-0.25, -0.2) is 19.5 Å². The predicted octanol–water partition coefficient (Wildman–Crippen LogP) is 0.863. The molecule has 1 aliphatic carbocycles. The van der Waals surface area contributed by atoms with Gasteiger partial charge in [0.25, 0.3) is 0 Å². The maximum Gasteiger partial charge on any atom is 0.333 e. The molecule has 0 saturated heterocycles. The SMILES string of the molecule is NS(=O)(=O)OC[C@H]1C[C@@H](Nc2ncncc2C(=O)c2ccn(Cc3cccc(F)c3)n2)C[C@@H]1O. The number of nitrogens with two attached hydrogens (primary N) is 1. The third kappa shape index (κ3) is 5.99. The summed E-state index contributed by atoms with van der Waals surface area (Å²) in [5.74, 6) is -0.942. The van der Waals surface area contributed by atoms with E-state index in [0.717, 1.165) is 0 Å². The van der Waals surface area contributed by atoms with E-state index in [9.17, 15) is 22.7 Å². The summed E-state index contributed by atoms with van der Waals surface area (Å²) in [6, 6.07) is 7.38. The molecule has 0 radical (unpaired) electrons. The fraction of sp³-hybridized carbons (Fsp3) is 0.333. The molecule has 0 bridgehead atoms. The number of aliphatic hydroxyl groups is 1. The molecule has 0 amide bonds. The van der Waals surface area contributed by atoms with Gasteiger partial charge in [0.15, 0.2) is 0 Å². The van der Waals surface area contributed by atoms with Crippen LogP contribution in [0.5, 0.6) is 0 Å². The molecule has 1 fully saturated rings. The van der Waals surface area contributed by atoms with Crippen molar-refractivity contribution in [2.45, 2.75) is 31.5 Å². The molecule has 2 heterocycles. The summed E-state index contributed by atoms with van der Waals surface area (Å²) < 4.78 is 41.6. The van der Waals surface area contributed by atoms with Gasteiger partial charge in [-0.1, -0.05) is 12.1 Å². The van der Waals surface area contributed by atoms with E-state index < -0.39 is 28.1 Å². The quantitative estimate of drug-likeness (QED) is 0.369. The summed E-state index contributed by atoms with van der Waals surface area (Å²) in [5.41, 5.74) is 1.06. The van der Waals surface area contributed by atoms with Crippen molar-refractivity contribution in [2.75, 3.05) is 11.9 Å². The van der Waals surface area contributed by atoms with E-state index >= 15 is 0 Å². The Labute approximate surface area is 195 Å². The minimum absolute atomic E-state index is 0.167. The Bertz CT molecular complexity index is 1280. The van der Waals surface area contributed by atoms with Gasteiger partial charge in [0.1, 0.15) is 23.7 Å². The lowest BCUT2D eigenvalue weighted by molar-refractivity contribution is 0.101. The summed E-state index contributed by atoms with van der Waals surface area (Å²) >= 11 is 0. The highest BCUT2D eigenvalue weighted by atomic mass is 32.2. The number of nitrogens with zero attached hydrogens (tertiary/aromatic N) is 4. The number of anilines is 1. The standard InChI is InChI=1S/C21H23FN6O5S/c22-15-3-1-2-13(6-15)10-28-5-4-18(27-28)20(30)17-9-24-12-25-21(17)26-16-7-14(19(29)8-16)11-33-34(23,31)32/h1-6,9,12,14,16,19,29H,7-8,10-11H2,(H2,23,31,32)(H,24,25,26)/t14-,16-,19+/m1/s1. The number of hydrogen-bond acceptors (Lipinski definition) is 9. The Morgan fingerprint density at radius 1 is 1.32 bits per heavy atom. The molecule has 4 N–H and O–H groups in total. The first-order valence-electron chi connectivity index (χ1n) is 10.4. The van der Waals surface area contributed by atoms with Crippen LogP contribution in [-0.4, -0.2) is 57.8 Å². The number of carbonyl (C=O) groups is 1. The topological polar surface area (TPSA) is 162 Å². The van der Waals surface area contributed by atoms with Crippen LogP contribution in [0, 0.1) is 11.7 Å². The molecule has 4 rings (SSSR count). The summed E-state index contributed by atoms with van der Waals surface area (Å²) in [6.45, 7) is 0.0554.